The molecule has 1 heterocycles. The number of thiazole rings is 1. The van der Waals surface area contributed by atoms with Gasteiger partial charge in [-0.2, -0.15) is 0 Å². The number of H-pyrrole nitrogens is 1. The monoisotopic (exact) mass is 311 g/mol. The number of hydrogen-bond acceptors (Lipinski definition) is 4. The smallest absolute Gasteiger partial charge is 0.337 e. The highest BCUT2D eigenvalue weighted by Crippen LogP contribution is 2.17. The second kappa shape index (κ2) is 6.18. The lowest BCUT2D eigenvalue weighted by Gasteiger charge is -2.09. The average molecular weight is 311 g/mol. The summed E-state index contributed by atoms with van der Waals surface area (Å²) in [4.78, 5) is 35.8. The van der Waals surface area contributed by atoms with Crippen molar-refractivity contribution in [3.63, 3.8) is 0 Å². The van der Waals surface area contributed by atoms with E-state index in [1.54, 1.807) is 5.38 Å². The van der Waals surface area contributed by atoms with E-state index < -0.39 is 17.8 Å². The van der Waals surface area contributed by atoms with Crippen LogP contribution in [-0.4, -0.2) is 22.1 Å². The summed E-state index contributed by atoms with van der Waals surface area (Å²) >= 11 is 0.966. The van der Waals surface area contributed by atoms with E-state index in [0.717, 1.165) is 29.5 Å². The second-order valence-electron chi connectivity index (χ2n) is 3.98. The Bertz CT molecular complexity index is 740. The van der Waals surface area contributed by atoms with Crippen LogP contribution in [0, 0.1) is 5.82 Å². The third kappa shape index (κ3) is 3.89. The fourth-order valence-electron chi connectivity index (χ4n) is 1.54. The molecule has 2 amide bonds. The highest BCUT2D eigenvalue weighted by atomic mass is 32.1. The molecule has 110 valence electrons. The SMILES string of the molecule is O=C(NCc1csc(=O)[nH]1)Nc1ccc(F)cc1C(=O)O. The predicted molar refractivity (Wildman–Crippen MR) is 74.2 cm³/mol. The Kier molecular flexibility index (Phi) is 4.33. The molecule has 0 unspecified atom stereocenters. The van der Waals surface area contributed by atoms with Crippen LogP contribution in [0.1, 0.15) is 16.1 Å². The first kappa shape index (κ1) is 14.7. The Hall–Kier alpha value is -2.68. The van der Waals surface area contributed by atoms with Gasteiger partial charge in [0.25, 0.3) is 0 Å². The van der Waals surface area contributed by atoms with Crippen molar-refractivity contribution in [1.82, 2.24) is 10.3 Å². The number of carboxylic acid groups (broad SMARTS) is 1. The molecule has 4 N–H and O–H groups in total. The van der Waals surface area contributed by atoms with Crippen molar-refractivity contribution in [3.05, 3.63) is 50.3 Å². The van der Waals surface area contributed by atoms with Crippen molar-refractivity contribution in [1.29, 1.82) is 0 Å². The van der Waals surface area contributed by atoms with Gasteiger partial charge in [0.15, 0.2) is 0 Å². The molecule has 2 rings (SSSR count). The van der Waals surface area contributed by atoms with E-state index in [1.807, 2.05) is 0 Å². The Labute approximate surface area is 121 Å². The zero-order chi connectivity index (χ0) is 15.4. The lowest BCUT2D eigenvalue weighted by Crippen LogP contribution is -2.29. The zero-order valence-electron chi connectivity index (χ0n) is 10.5. The molecule has 0 atom stereocenters. The van der Waals surface area contributed by atoms with Crippen LogP contribution < -0.4 is 15.5 Å². The first-order chi connectivity index (χ1) is 9.95. The fraction of sp³-hybridized carbons (Fsp3) is 0.0833. The highest BCUT2D eigenvalue weighted by Gasteiger charge is 2.13. The van der Waals surface area contributed by atoms with Gasteiger partial charge in [-0.15, -0.1) is 0 Å². The number of aromatic nitrogens is 1. The molecule has 0 saturated carbocycles. The van der Waals surface area contributed by atoms with Gasteiger partial charge in [0, 0.05) is 11.1 Å². The largest absolute Gasteiger partial charge is 0.478 e. The summed E-state index contributed by atoms with van der Waals surface area (Å²) < 4.78 is 13.0. The van der Waals surface area contributed by atoms with Crippen molar-refractivity contribution in [2.24, 2.45) is 0 Å². The van der Waals surface area contributed by atoms with Gasteiger partial charge in [-0.25, -0.2) is 14.0 Å². The summed E-state index contributed by atoms with van der Waals surface area (Å²) in [5.74, 6) is -2.07. The third-order valence-corrected chi connectivity index (χ3v) is 3.19. The number of aromatic amines is 1. The van der Waals surface area contributed by atoms with Gasteiger partial charge in [0.1, 0.15) is 5.82 Å². The van der Waals surface area contributed by atoms with Crippen LogP contribution in [0.3, 0.4) is 0 Å². The topological polar surface area (TPSA) is 111 Å². The Morgan fingerprint density at radius 3 is 2.76 bits per heavy atom. The van der Waals surface area contributed by atoms with Crippen LogP contribution >= 0.6 is 11.3 Å². The first-order valence-corrected chi connectivity index (χ1v) is 6.58. The van der Waals surface area contributed by atoms with Crippen LogP contribution in [0.25, 0.3) is 0 Å². The van der Waals surface area contributed by atoms with Gasteiger partial charge in [-0.3, -0.25) is 4.79 Å². The third-order valence-electron chi connectivity index (χ3n) is 2.47. The second-order valence-corrected chi connectivity index (χ2v) is 4.82. The van der Waals surface area contributed by atoms with Crippen LogP contribution in [0.4, 0.5) is 14.9 Å². The maximum Gasteiger partial charge on any atom is 0.337 e. The van der Waals surface area contributed by atoms with E-state index in [9.17, 15) is 18.8 Å². The van der Waals surface area contributed by atoms with Crippen molar-refractivity contribution in [3.8, 4) is 0 Å². The van der Waals surface area contributed by atoms with Gasteiger partial charge >= 0.3 is 16.9 Å². The van der Waals surface area contributed by atoms with E-state index in [4.69, 9.17) is 5.11 Å². The van der Waals surface area contributed by atoms with Crippen molar-refractivity contribution >= 4 is 29.0 Å². The van der Waals surface area contributed by atoms with Crippen LogP contribution in [0.15, 0.2) is 28.4 Å². The quantitative estimate of drug-likeness (QED) is 0.687. The van der Waals surface area contributed by atoms with Gasteiger partial charge in [0.05, 0.1) is 17.8 Å². The number of carbonyl (C=O) groups is 2. The van der Waals surface area contributed by atoms with E-state index in [0.29, 0.717) is 5.69 Å². The number of halogens is 1. The summed E-state index contributed by atoms with van der Waals surface area (Å²) in [6.07, 6.45) is 0. The van der Waals surface area contributed by atoms with Crippen LogP contribution in [0.5, 0.6) is 0 Å². The molecule has 0 saturated heterocycles. The minimum atomic E-state index is -1.35. The molecule has 0 aliphatic rings. The molecule has 1 aromatic heterocycles. The van der Waals surface area contributed by atoms with Gasteiger partial charge < -0.3 is 20.7 Å². The Balaban J connectivity index is 2.02. The van der Waals surface area contributed by atoms with E-state index in [2.05, 4.69) is 15.6 Å². The average Bonchev–Trinajstić information content (AvgIpc) is 2.84. The number of carboxylic acids is 1. The van der Waals surface area contributed by atoms with Gasteiger partial charge in [-0.05, 0) is 18.2 Å². The summed E-state index contributed by atoms with van der Waals surface area (Å²) in [6, 6.07) is 2.34. The van der Waals surface area contributed by atoms with E-state index >= 15 is 0 Å². The molecule has 2 aromatic rings. The number of nitrogens with one attached hydrogen (secondary N) is 3. The molecule has 21 heavy (non-hydrogen) atoms. The number of carbonyl (C=O) groups excluding carboxylic acids is 1. The lowest BCUT2D eigenvalue weighted by molar-refractivity contribution is 0.0697. The van der Waals surface area contributed by atoms with Crippen LogP contribution in [0.2, 0.25) is 0 Å². The van der Waals surface area contributed by atoms with Crippen molar-refractivity contribution < 1.29 is 19.1 Å². The Morgan fingerprint density at radius 2 is 2.14 bits per heavy atom. The highest BCUT2D eigenvalue weighted by molar-refractivity contribution is 7.07. The molecule has 0 bridgehead atoms. The standard InChI is InChI=1S/C12H10FN3O4S/c13-6-1-2-9(8(3-6)10(17)18)16-11(19)14-4-7-5-21-12(20)15-7/h1-3,5H,4H2,(H,15,20)(H,17,18)(H2,14,16,19). The summed E-state index contributed by atoms with van der Waals surface area (Å²) in [7, 11) is 0. The number of hydrogen-bond donors (Lipinski definition) is 4. The predicted octanol–water partition coefficient (Wildman–Crippen LogP) is 1.60. The normalized spacial score (nSPS) is 10.1. The summed E-state index contributed by atoms with van der Waals surface area (Å²) in [6.45, 7) is 0.0776. The number of rotatable bonds is 4. The summed E-state index contributed by atoms with van der Waals surface area (Å²) in [5.41, 5.74) is 0.145. The fourth-order valence-corrected chi connectivity index (χ4v) is 2.13. The van der Waals surface area contributed by atoms with E-state index in [1.165, 1.54) is 0 Å². The number of amides is 2. The molecule has 9 heteroatoms. The minimum absolute atomic E-state index is 0.0276. The number of urea groups is 1. The van der Waals surface area contributed by atoms with Crippen molar-refractivity contribution in [2.45, 2.75) is 6.54 Å². The van der Waals surface area contributed by atoms with E-state index in [-0.39, 0.29) is 22.7 Å². The molecule has 0 fully saturated rings. The first-order valence-electron chi connectivity index (χ1n) is 5.70. The number of benzene rings is 1. The molecular formula is C12H10FN3O4S. The number of aromatic carboxylic acids is 1. The number of anilines is 1. The molecule has 0 spiro atoms. The van der Waals surface area contributed by atoms with Crippen LogP contribution in [-0.2, 0) is 6.54 Å². The zero-order valence-corrected chi connectivity index (χ0v) is 11.3. The molecular weight excluding hydrogens is 301 g/mol. The maximum atomic E-state index is 13.0. The molecule has 0 radical (unpaired) electrons. The minimum Gasteiger partial charge on any atom is -0.478 e. The molecule has 0 aliphatic heterocycles. The molecule has 1 aromatic carbocycles. The lowest BCUT2D eigenvalue weighted by atomic mass is 10.2. The summed E-state index contributed by atoms with van der Waals surface area (Å²) in [5, 5.41) is 15.2. The maximum absolute atomic E-state index is 13.0. The van der Waals surface area contributed by atoms with Crippen molar-refractivity contribution in [2.75, 3.05) is 5.32 Å². The molecule has 0 aliphatic carbocycles. The van der Waals surface area contributed by atoms with Gasteiger partial charge in [-0.1, -0.05) is 11.3 Å². The Morgan fingerprint density at radius 1 is 1.38 bits per heavy atom. The molecule has 7 nitrogen and oxygen atoms in total. The van der Waals surface area contributed by atoms with Gasteiger partial charge in [0.2, 0.25) is 0 Å².